The van der Waals surface area contributed by atoms with E-state index in [1.165, 1.54) is 4.42 Å². The molecule has 1 aliphatic heterocycles. The van der Waals surface area contributed by atoms with Gasteiger partial charge in [-0.3, -0.25) is 4.79 Å². The number of aryl methyl sites for hydroxylation is 1. The van der Waals surface area contributed by atoms with Crippen LogP contribution in [0.15, 0.2) is 18.2 Å². The molecule has 62 valence electrons. The first-order chi connectivity index (χ1) is 5.70. The van der Waals surface area contributed by atoms with Crippen molar-refractivity contribution >= 4 is 23.4 Å². The molecule has 1 amide bonds. The summed E-state index contributed by atoms with van der Waals surface area (Å²) in [5, 5.41) is 0. The first-order valence-corrected chi connectivity index (χ1v) is 4.11. The van der Waals surface area contributed by atoms with Crippen molar-refractivity contribution in [2.75, 3.05) is 4.42 Å². The van der Waals surface area contributed by atoms with Gasteiger partial charge in [-0.2, -0.15) is 0 Å². The highest BCUT2D eigenvalue weighted by atomic mass is 35.5. The van der Waals surface area contributed by atoms with Crippen molar-refractivity contribution in [3.63, 3.8) is 0 Å². The lowest BCUT2D eigenvalue weighted by Crippen LogP contribution is -2.14. The van der Waals surface area contributed by atoms with Gasteiger partial charge in [0.2, 0.25) is 5.91 Å². The lowest BCUT2D eigenvalue weighted by atomic mass is 10.1. The van der Waals surface area contributed by atoms with Crippen molar-refractivity contribution in [1.29, 1.82) is 0 Å². The van der Waals surface area contributed by atoms with Gasteiger partial charge in [0.15, 0.2) is 0 Å². The molecule has 1 heterocycles. The van der Waals surface area contributed by atoms with Gasteiger partial charge in [-0.1, -0.05) is 18.2 Å². The summed E-state index contributed by atoms with van der Waals surface area (Å²) < 4.78 is 1.21. The van der Waals surface area contributed by atoms with Crippen molar-refractivity contribution in [3.05, 3.63) is 29.3 Å². The topological polar surface area (TPSA) is 20.3 Å². The van der Waals surface area contributed by atoms with Gasteiger partial charge >= 0.3 is 0 Å². The van der Waals surface area contributed by atoms with Gasteiger partial charge in [0, 0.05) is 11.8 Å². The number of carbonyl (C=O) groups excluding carboxylic acids is 1. The number of nitrogens with zero attached hydrogens (tertiary/aromatic N) is 1. The highest BCUT2D eigenvalue weighted by molar-refractivity contribution is 6.38. The number of para-hydroxylation sites is 1. The average Bonchev–Trinajstić information content (AvgIpc) is 2.29. The molecule has 0 radical (unpaired) electrons. The minimum Gasteiger partial charge on any atom is -0.273 e. The monoisotopic (exact) mass is 181 g/mol. The van der Waals surface area contributed by atoms with Crippen LogP contribution in [0.4, 0.5) is 5.69 Å². The second kappa shape index (κ2) is 2.49. The molecule has 2 rings (SSSR count). The van der Waals surface area contributed by atoms with E-state index in [4.69, 9.17) is 11.8 Å². The predicted octanol–water partition coefficient (Wildman–Crippen LogP) is 2.04. The molecule has 2 nitrogen and oxygen atoms in total. The van der Waals surface area contributed by atoms with Crippen LogP contribution < -0.4 is 4.42 Å². The first-order valence-electron chi connectivity index (χ1n) is 3.77. The molecule has 0 saturated carbocycles. The zero-order chi connectivity index (χ0) is 8.72. The summed E-state index contributed by atoms with van der Waals surface area (Å²) in [5.74, 6) is -0.0408. The number of hydrogen-bond donors (Lipinski definition) is 0. The van der Waals surface area contributed by atoms with Crippen LogP contribution in [0.3, 0.4) is 0 Å². The molecule has 0 atom stereocenters. The number of amides is 1. The molecular weight excluding hydrogens is 174 g/mol. The van der Waals surface area contributed by atoms with Crippen LogP contribution in [0.5, 0.6) is 0 Å². The Labute approximate surface area is 75.9 Å². The lowest BCUT2D eigenvalue weighted by Gasteiger charge is -2.08. The fourth-order valence-electron chi connectivity index (χ4n) is 1.50. The van der Waals surface area contributed by atoms with Crippen molar-refractivity contribution in [2.24, 2.45) is 0 Å². The Hall–Kier alpha value is -1.02. The minimum absolute atomic E-state index is 0.0408. The largest absolute Gasteiger partial charge is 0.273 e. The normalized spacial score (nSPS) is 15.2. The van der Waals surface area contributed by atoms with Crippen LogP contribution in [0.25, 0.3) is 0 Å². The van der Waals surface area contributed by atoms with Gasteiger partial charge in [0.1, 0.15) is 0 Å². The van der Waals surface area contributed by atoms with Gasteiger partial charge in [0.25, 0.3) is 0 Å². The molecule has 0 spiro atoms. The van der Waals surface area contributed by atoms with Crippen LogP contribution in [0.1, 0.15) is 11.1 Å². The number of rotatable bonds is 0. The molecule has 1 aliphatic rings. The maximum atomic E-state index is 11.2. The van der Waals surface area contributed by atoms with Crippen LogP contribution >= 0.6 is 11.8 Å². The summed E-state index contributed by atoms with van der Waals surface area (Å²) in [4.78, 5) is 11.2. The van der Waals surface area contributed by atoms with E-state index in [-0.39, 0.29) is 5.91 Å². The smallest absolute Gasteiger partial charge is 0.246 e. The summed E-state index contributed by atoms with van der Waals surface area (Å²) in [6.07, 6.45) is 0.431. The second-order valence-corrected chi connectivity index (χ2v) is 3.27. The molecule has 0 N–H and O–H groups in total. The Balaban J connectivity index is 2.62. The summed E-state index contributed by atoms with van der Waals surface area (Å²) in [5.41, 5.74) is 2.94. The zero-order valence-corrected chi connectivity index (χ0v) is 7.43. The highest BCUT2D eigenvalue weighted by Gasteiger charge is 2.26. The van der Waals surface area contributed by atoms with Crippen LogP contribution in [0, 0.1) is 6.92 Å². The molecule has 0 bridgehead atoms. The quantitative estimate of drug-likeness (QED) is 0.561. The van der Waals surface area contributed by atoms with Gasteiger partial charge in [-0.05, 0) is 18.1 Å². The zero-order valence-electron chi connectivity index (χ0n) is 6.67. The van der Waals surface area contributed by atoms with Gasteiger partial charge in [0.05, 0.1) is 12.1 Å². The molecule has 0 fully saturated rings. The Morgan fingerprint density at radius 1 is 1.50 bits per heavy atom. The Kier molecular flexibility index (Phi) is 1.58. The fraction of sp³-hybridized carbons (Fsp3) is 0.222. The van der Waals surface area contributed by atoms with Crippen LogP contribution in [-0.2, 0) is 11.2 Å². The Bertz CT molecular complexity index is 348. The maximum absolute atomic E-state index is 11.2. The summed E-state index contributed by atoms with van der Waals surface area (Å²) in [7, 11) is 0. The minimum atomic E-state index is -0.0408. The third-order valence-electron chi connectivity index (χ3n) is 2.08. The van der Waals surface area contributed by atoms with Crippen LogP contribution in [-0.4, -0.2) is 5.91 Å². The molecule has 0 unspecified atom stereocenters. The van der Waals surface area contributed by atoms with E-state index in [1.54, 1.807) is 0 Å². The van der Waals surface area contributed by atoms with Crippen molar-refractivity contribution in [1.82, 2.24) is 0 Å². The van der Waals surface area contributed by atoms with Gasteiger partial charge in [-0.15, -0.1) is 0 Å². The van der Waals surface area contributed by atoms with E-state index >= 15 is 0 Å². The highest BCUT2D eigenvalue weighted by Crippen LogP contribution is 2.33. The first kappa shape index (κ1) is 7.62. The number of halogens is 1. The molecule has 0 aromatic heterocycles. The molecule has 1 aromatic carbocycles. The van der Waals surface area contributed by atoms with Gasteiger partial charge < -0.3 is 0 Å². The molecule has 3 heteroatoms. The third-order valence-corrected chi connectivity index (χ3v) is 2.44. The van der Waals surface area contributed by atoms with Gasteiger partial charge in [-0.25, -0.2) is 4.42 Å². The van der Waals surface area contributed by atoms with E-state index in [0.29, 0.717) is 6.42 Å². The molecular formula is C9H8ClNO. The second-order valence-electron chi connectivity index (χ2n) is 2.93. The molecule has 0 aliphatic carbocycles. The summed E-state index contributed by atoms with van der Waals surface area (Å²) >= 11 is 5.78. The number of fused-ring (bicyclic) bond motifs is 1. The standard InChI is InChI=1S/C9H8ClNO/c1-6-3-2-4-7-5-8(12)11(10)9(6)7/h2-4H,5H2,1H3. The van der Waals surface area contributed by atoms with Crippen molar-refractivity contribution in [3.8, 4) is 0 Å². The Morgan fingerprint density at radius 2 is 2.25 bits per heavy atom. The van der Waals surface area contributed by atoms with E-state index in [9.17, 15) is 4.79 Å². The summed E-state index contributed by atoms with van der Waals surface area (Å²) in [6.45, 7) is 1.95. The van der Waals surface area contributed by atoms with E-state index < -0.39 is 0 Å². The maximum Gasteiger partial charge on any atom is 0.246 e. The Morgan fingerprint density at radius 3 is 2.92 bits per heavy atom. The van der Waals surface area contributed by atoms with E-state index in [1.807, 2.05) is 25.1 Å². The van der Waals surface area contributed by atoms with E-state index in [2.05, 4.69) is 0 Å². The summed E-state index contributed by atoms with van der Waals surface area (Å²) in [6, 6.07) is 5.83. The van der Waals surface area contributed by atoms with Crippen LogP contribution in [0.2, 0.25) is 0 Å². The fourth-order valence-corrected chi connectivity index (χ4v) is 1.80. The predicted molar refractivity (Wildman–Crippen MR) is 48.2 cm³/mol. The van der Waals surface area contributed by atoms with E-state index in [0.717, 1.165) is 16.8 Å². The lowest BCUT2D eigenvalue weighted by molar-refractivity contribution is -0.116. The number of carbonyl (C=O) groups is 1. The molecule has 12 heavy (non-hydrogen) atoms. The van der Waals surface area contributed by atoms with Crippen molar-refractivity contribution < 1.29 is 4.79 Å². The van der Waals surface area contributed by atoms with Crippen molar-refractivity contribution in [2.45, 2.75) is 13.3 Å². The average molecular weight is 182 g/mol. The number of hydrogen-bond acceptors (Lipinski definition) is 1. The number of anilines is 1. The molecule has 1 aromatic rings. The number of benzene rings is 1. The SMILES string of the molecule is Cc1cccc2c1N(Cl)C(=O)C2. The molecule has 0 saturated heterocycles. The third kappa shape index (κ3) is 0.916.